The van der Waals surface area contributed by atoms with Crippen LogP contribution >= 0.6 is 0 Å². The lowest BCUT2D eigenvalue weighted by Gasteiger charge is -2.25. The third-order valence-electron chi connectivity index (χ3n) is 5.49. The first-order chi connectivity index (χ1) is 13.9. The second-order valence-electron chi connectivity index (χ2n) is 7.84. The first-order valence-electron chi connectivity index (χ1n) is 10.1. The molecule has 2 N–H and O–H groups in total. The molecule has 2 unspecified atom stereocenters. The maximum atomic E-state index is 12.8. The Balaban J connectivity index is 1.66. The van der Waals surface area contributed by atoms with Gasteiger partial charge in [0.1, 0.15) is 11.6 Å². The van der Waals surface area contributed by atoms with E-state index in [0.29, 0.717) is 19.0 Å². The molecule has 2 amide bonds. The van der Waals surface area contributed by atoms with Crippen LogP contribution in [0.1, 0.15) is 55.0 Å². The second-order valence-corrected chi connectivity index (χ2v) is 7.84. The number of hydrogen-bond donors (Lipinski definition) is 2. The van der Waals surface area contributed by atoms with Gasteiger partial charge in [0.05, 0.1) is 12.0 Å². The fraction of sp³-hybridized carbons (Fsp3) is 0.455. The molecule has 0 spiro atoms. The summed E-state index contributed by atoms with van der Waals surface area (Å²) >= 11 is 0. The SMILES string of the molecule is C=CC(=O)NC(CNC(=O)C1CCc2nnc(C)n2C1)c1ccc(C(C)C)cc1. The fourth-order valence-corrected chi connectivity index (χ4v) is 3.62. The van der Waals surface area contributed by atoms with Crippen molar-refractivity contribution in [1.82, 2.24) is 25.4 Å². The molecule has 0 fully saturated rings. The molecule has 1 aromatic heterocycles. The van der Waals surface area contributed by atoms with Crippen molar-refractivity contribution in [1.29, 1.82) is 0 Å². The van der Waals surface area contributed by atoms with Crippen molar-refractivity contribution in [2.75, 3.05) is 6.54 Å². The highest BCUT2D eigenvalue weighted by Crippen LogP contribution is 2.21. The smallest absolute Gasteiger partial charge is 0.243 e. The molecule has 3 rings (SSSR count). The zero-order chi connectivity index (χ0) is 21.0. The number of aryl methyl sites for hydroxylation is 2. The van der Waals surface area contributed by atoms with Crippen LogP contribution in [0, 0.1) is 12.8 Å². The molecule has 1 aliphatic heterocycles. The van der Waals surface area contributed by atoms with E-state index in [1.807, 2.05) is 23.6 Å². The van der Waals surface area contributed by atoms with Gasteiger partial charge in [-0.2, -0.15) is 0 Å². The van der Waals surface area contributed by atoms with Crippen LogP contribution in [0.5, 0.6) is 0 Å². The van der Waals surface area contributed by atoms with Crippen molar-refractivity contribution in [2.45, 2.75) is 52.1 Å². The van der Waals surface area contributed by atoms with Crippen molar-refractivity contribution < 1.29 is 9.59 Å². The molecule has 0 aliphatic carbocycles. The normalized spacial score (nSPS) is 16.8. The van der Waals surface area contributed by atoms with Gasteiger partial charge in [0, 0.05) is 19.5 Å². The quantitative estimate of drug-likeness (QED) is 0.705. The molecule has 0 saturated heterocycles. The molecule has 7 nitrogen and oxygen atoms in total. The molecule has 1 aromatic carbocycles. The molecule has 2 aromatic rings. The van der Waals surface area contributed by atoms with Gasteiger partial charge in [0.2, 0.25) is 11.8 Å². The number of hydrogen-bond acceptors (Lipinski definition) is 4. The minimum atomic E-state index is -0.318. The van der Waals surface area contributed by atoms with E-state index < -0.39 is 0 Å². The summed E-state index contributed by atoms with van der Waals surface area (Å²) < 4.78 is 2.01. The van der Waals surface area contributed by atoms with Crippen molar-refractivity contribution in [3.8, 4) is 0 Å². The summed E-state index contributed by atoms with van der Waals surface area (Å²) in [5, 5.41) is 14.2. The van der Waals surface area contributed by atoms with E-state index in [4.69, 9.17) is 0 Å². The van der Waals surface area contributed by atoms with Gasteiger partial charge in [-0.05, 0) is 36.5 Å². The summed E-state index contributed by atoms with van der Waals surface area (Å²) in [6, 6.07) is 7.81. The molecule has 2 atom stereocenters. The summed E-state index contributed by atoms with van der Waals surface area (Å²) in [4.78, 5) is 24.7. The fourth-order valence-electron chi connectivity index (χ4n) is 3.62. The Morgan fingerprint density at radius 1 is 1.24 bits per heavy atom. The number of amides is 2. The maximum absolute atomic E-state index is 12.8. The lowest BCUT2D eigenvalue weighted by Crippen LogP contribution is -2.41. The van der Waals surface area contributed by atoms with Gasteiger partial charge in [-0.3, -0.25) is 9.59 Å². The molecule has 2 heterocycles. The predicted octanol–water partition coefficient (Wildman–Crippen LogP) is 2.43. The lowest BCUT2D eigenvalue weighted by molar-refractivity contribution is -0.126. The third-order valence-corrected chi connectivity index (χ3v) is 5.49. The zero-order valence-corrected chi connectivity index (χ0v) is 17.3. The molecular weight excluding hydrogens is 366 g/mol. The number of nitrogens with zero attached hydrogens (tertiary/aromatic N) is 3. The van der Waals surface area contributed by atoms with Crippen LogP contribution in [0.15, 0.2) is 36.9 Å². The first kappa shape index (κ1) is 20.8. The standard InChI is InChI=1S/C22H29N5O2/c1-5-21(28)24-19(17-8-6-16(7-9-17)14(2)3)12-23-22(29)18-10-11-20-26-25-15(4)27(20)13-18/h5-9,14,18-19H,1,10-13H2,2-4H3,(H,23,29)(H,24,28). The van der Waals surface area contributed by atoms with Crippen LogP contribution < -0.4 is 10.6 Å². The van der Waals surface area contributed by atoms with Gasteiger partial charge in [-0.15, -0.1) is 10.2 Å². The molecule has 1 aliphatic rings. The van der Waals surface area contributed by atoms with Crippen LogP contribution in [0.2, 0.25) is 0 Å². The Bertz CT molecular complexity index is 885. The summed E-state index contributed by atoms with van der Waals surface area (Å²) in [6.07, 6.45) is 2.73. The van der Waals surface area contributed by atoms with Gasteiger partial charge < -0.3 is 15.2 Å². The minimum Gasteiger partial charge on any atom is -0.353 e. The molecule has 0 bridgehead atoms. The maximum Gasteiger partial charge on any atom is 0.243 e. The number of carbonyl (C=O) groups excluding carboxylic acids is 2. The zero-order valence-electron chi connectivity index (χ0n) is 17.3. The lowest BCUT2D eigenvalue weighted by atomic mass is 9.97. The Morgan fingerprint density at radius 2 is 1.93 bits per heavy atom. The average Bonchev–Trinajstić information content (AvgIpc) is 3.10. The van der Waals surface area contributed by atoms with E-state index >= 15 is 0 Å². The van der Waals surface area contributed by atoms with E-state index in [9.17, 15) is 9.59 Å². The average molecular weight is 396 g/mol. The van der Waals surface area contributed by atoms with Gasteiger partial charge >= 0.3 is 0 Å². The summed E-state index contributed by atoms with van der Waals surface area (Å²) in [7, 11) is 0. The van der Waals surface area contributed by atoms with Crippen LogP contribution in [0.25, 0.3) is 0 Å². The van der Waals surface area contributed by atoms with Crippen LogP contribution in [0.3, 0.4) is 0 Å². The van der Waals surface area contributed by atoms with Gasteiger partial charge in [0.15, 0.2) is 0 Å². The number of fused-ring (bicyclic) bond motifs is 1. The molecule has 0 radical (unpaired) electrons. The Hall–Kier alpha value is -2.96. The Morgan fingerprint density at radius 3 is 2.59 bits per heavy atom. The number of aromatic nitrogens is 3. The number of benzene rings is 1. The van der Waals surface area contributed by atoms with Crippen molar-refractivity contribution in [2.24, 2.45) is 5.92 Å². The molecule has 0 saturated carbocycles. The number of rotatable bonds is 7. The second kappa shape index (κ2) is 9.03. The molecule has 29 heavy (non-hydrogen) atoms. The Labute approximate surface area is 171 Å². The van der Waals surface area contributed by atoms with Gasteiger partial charge in [-0.1, -0.05) is 44.7 Å². The molecular formula is C22H29N5O2. The van der Waals surface area contributed by atoms with E-state index in [0.717, 1.165) is 30.1 Å². The number of carbonyl (C=O) groups is 2. The van der Waals surface area contributed by atoms with Crippen molar-refractivity contribution >= 4 is 11.8 Å². The third kappa shape index (κ3) is 4.91. The van der Waals surface area contributed by atoms with Crippen LogP contribution in [0.4, 0.5) is 0 Å². The van der Waals surface area contributed by atoms with Crippen LogP contribution in [-0.4, -0.2) is 33.1 Å². The van der Waals surface area contributed by atoms with Crippen molar-refractivity contribution in [3.05, 3.63) is 59.7 Å². The molecule has 7 heteroatoms. The highest BCUT2D eigenvalue weighted by Gasteiger charge is 2.27. The van der Waals surface area contributed by atoms with Crippen molar-refractivity contribution in [3.63, 3.8) is 0 Å². The largest absolute Gasteiger partial charge is 0.353 e. The Kier molecular flexibility index (Phi) is 6.46. The van der Waals surface area contributed by atoms with Gasteiger partial charge in [-0.25, -0.2) is 0 Å². The molecule has 154 valence electrons. The number of nitrogens with one attached hydrogen (secondary N) is 2. The van der Waals surface area contributed by atoms with E-state index in [1.165, 1.54) is 11.6 Å². The van der Waals surface area contributed by atoms with Crippen LogP contribution in [-0.2, 0) is 22.6 Å². The summed E-state index contributed by atoms with van der Waals surface area (Å²) in [5.41, 5.74) is 2.18. The highest BCUT2D eigenvalue weighted by molar-refractivity contribution is 5.87. The highest BCUT2D eigenvalue weighted by atomic mass is 16.2. The minimum absolute atomic E-state index is 0.0135. The summed E-state index contributed by atoms with van der Waals surface area (Å²) in [6.45, 7) is 10.6. The van der Waals surface area contributed by atoms with E-state index in [2.05, 4.69) is 53.4 Å². The predicted molar refractivity (Wildman–Crippen MR) is 111 cm³/mol. The van der Waals surface area contributed by atoms with E-state index in [1.54, 1.807) is 0 Å². The summed E-state index contributed by atoms with van der Waals surface area (Å²) in [5.74, 6) is 1.80. The topological polar surface area (TPSA) is 88.9 Å². The first-order valence-corrected chi connectivity index (χ1v) is 10.1. The van der Waals surface area contributed by atoms with Gasteiger partial charge in [0.25, 0.3) is 0 Å². The van der Waals surface area contributed by atoms with E-state index in [-0.39, 0.29) is 23.8 Å². The monoisotopic (exact) mass is 395 g/mol.